The molecule has 0 bridgehead atoms. The van der Waals surface area contributed by atoms with Crippen molar-refractivity contribution in [1.82, 2.24) is 4.57 Å². The lowest BCUT2D eigenvalue weighted by molar-refractivity contribution is -0.671. The van der Waals surface area contributed by atoms with Gasteiger partial charge in [0.1, 0.15) is 12.4 Å². The third kappa shape index (κ3) is 20.1. The molecule has 0 aromatic carbocycles. The van der Waals surface area contributed by atoms with Crippen molar-refractivity contribution in [1.29, 1.82) is 0 Å². The molecule has 0 aliphatic heterocycles. The molecule has 0 atom stereocenters. The van der Waals surface area contributed by atoms with E-state index >= 15 is 0 Å². The molecule has 8 heteroatoms. The number of aryl methyl sites for hydroxylation is 2. The molecule has 0 amide bonds. The molecule has 0 aliphatic rings. The standard InChI is InChI=1S/C8H15N2.C2H3F.BF4/c1-3-4-5-10-7-6-9(2)8-10;1-2-3;2-1(3,4)5/h6-8H,3-5H2,1-2H3;2H,1H2;/q+1;;-1. The number of aromatic nitrogens is 2. The molecule has 0 fully saturated rings. The molecule has 0 unspecified atom stereocenters. The van der Waals surface area contributed by atoms with Crippen LogP contribution in [-0.2, 0) is 13.6 Å². The number of imidazole rings is 1. The molecule has 0 saturated carbocycles. The van der Waals surface area contributed by atoms with Crippen LogP contribution < -0.4 is 4.57 Å². The maximum Gasteiger partial charge on any atom is 0.673 e. The summed E-state index contributed by atoms with van der Waals surface area (Å²) in [5.41, 5.74) is 0. The SMILES string of the molecule is C=CF.CCCCn1cc[n+](C)c1.F[B-](F)(F)F. The van der Waals surface area contributed by atoms with Gasteiger partial charge in [-0.25, -0.2) is 13.5 Å². The van der Waals surface area contributed by atoms with Gasteiger partial charge in [-0.05, 0) is 6.42 Å². The van der Waals surface area contributed by atoms with Crippen LogP contribution in [0.1, 0.15) is 19.8 Å². The van der Waals surface area contributed by atoms with Gasteiger partial charge in [-0.2, -0.15) is 0 Å². The molecule has 2 nitrogen and oxygen atoms in total. The molecule has 0 radical (unpaired) electrons. The van der Waals surface area contributed by atoms with Crippen molar-refractivity contribution in [3.05, 3.63) is 31.6 Å². The first-order valence-corrected chi connectivity index (χ1v) is 5.34. The molecule has 18 heavy (non-hydrogen) atoms. The molecular formula is C10H18BF5N2. The van der Waals surface area contributed by atoms with E-state index in [0.717, 1.165) is 6.54 Å². The topological polar surface area (TPSA) is 8.81 Å². The van der Waals surface area contributed by atoms with Crippen molar-refractivity contribution in [2.24, 2.45) is 7.05 Å². The molecule has 1 aromatic rings. The van der Waals surface area contributed by atoms with Gasteiger partial charge in [-0.3, -0.25) is 0 Å². The molecule has 0 N–H and O–H groups in total. The Labute approximate surface area is 104 Å². The lowest BCUT2D eigenvalue weighted by atomic mass is 10.3. The van der Waals surface area contributed by atoms with Gasteiger partial charge in [0.05, 0.1) is 19.9 Å². The zero-order chi connectivity index (χ0) is 14.6. The summed E-state index contributed by atoms with van der Waals surface area (Å²) >= 11 is 0. The van der Waals surface area contributed by atoms with E-state index in [-0.39, 0.29) is 6.33 Å². The Kier molecular flexibility index (Phi) is 11.4. The van der Waals surface area contributed by atoms with Crippen molar-refractivity contribution in [3.63, 3.8) is 0 Å². The molecule has 1 heterocycles. The van der Waals surface area contributed by atoms with Crippen LogP contribution in [-0.4, -0.2) is 11.8 Å². The first kappa shape index (κ1) is 19.0. The van der Waals surface area contributed by atoms with Crippen LogP contribution in [0.5, 0.6) is 0 Å². The minimum Gasteiger partial charge on any atom is -0.418 e. The molecule has 0 aliphatic carbocycles. The van der Waals surface area contributed by atoms with Gasteiger partial charge < -0.3 is 17.3 Å². The number of halogens is 5. The fourth-order valence-electron chi connectivity index (χ4n) is 0.975. The maximum atomic E-state index is 10.1. The maximum absolute atomic E-state index is 10.1. The highest BCUT2D eigenvalue weighted by molar-refractivity contribution is 6.50. The summed E-state index contributed by atoms with van der Waals surface area (Å²) in [4.78, 5) is 0. The third-order valence-electron chi connectivity index (χ3n) is 1.59. The molecule has 0 saturated heterocycles. The van der Waals surface area contributed by atoms with Crippen LogP contribution in [0.2, 0.25) is 0 Å². The number of hydrogen-bond donors (Lipinski definition) is 0. The van der Waals surface area contributed by atoms with Crippen LogP contribution in [0, 0.1) is 0 Å². The van der Waals surface area contributed by atoms with Gasteiger partial charge >= 0.3 is 7.25 Å². The van der Waals surface area contributed by atoms with Crippen molar-refractivity contribution < 1.29 is 26.2 Å². The van der Waals surface area contributed by atoms with Crippen LogP contribution in [0.4, 0.5) is 21.7 Å². The summed E-state index contributed by atoms with van der Waals surface area (Å²) in [6.45, 7) is 6.06. The summed E-state index contributed by atoms with van der Waals surface area (Å²) in [7, 11) is -3.96. The number of unbranched alkanes of at least 4 members (excludes halogenated alkanes) is 1. The van der Waals surface area contributed by atoms with Gasteiger partial charge in [0.2, 0.25) is 6.33 Å². The van der Waals surface area contributed by atoms with Gasteiger partial charge in [0.25, 0.3) is 0 Å². The van der Waals surface area contributed by atoms with E-state index in [1.807, 2.05) is 7.05 Å². The quantitative estimate of drug-likeness (QED) is 0.452. The Morgan fingerprint density at radius 3 is 2.06 bits per heavy atom. The van der Waals surface area contributed by atoms with E-state index in [9.17, 15) is 21.7 Å². The highest BCUT2D eigenvalue weighted by atomic mass is 19.5. The van der Waals surface area contributed by atoms with Crippen molar-refractivity contribution in [3.8, 4) is 0 Å². The van der Waals surface area contributed by atoms with Crippen molar-refractivity contribution >= 4 is 7.25 Å². The molecule has 1 rings (SSSR count). The molecular weight excluding hydrogens is 254 g/mol. The predicted octanol–water partition coefficient (Wildman–Crippen LogP) is 3.51. The van der Waals surface area contributed by atoms with E-state index in [0.29, 0.717) is 0 Å². The number of rotatable bonds is 3. The van der Waals surface area contributed by atoms with Gasteiger partial charge in [-0.1, -0.05) is 19.9 Å². The zero-order valence-corrected chi connectivity index (χ0v) is 10.5. The first-order chi connectivity index (χ1) is 8.24. The third-order valence-corrected chi connectivity index (χ3v) is 1.59. The predicted molar refractivity (Wildman–Crippen MR) is 62.0 cm³/mol. The van der Waals surface area contributed by atoms with Gasteiger partial charge in [0, 0.05) is 0 Å². The Bertz CT molecular complexity index is 305. The average molecular weight is 272 g/mol. The Morgan fingerprint density at radius 1 is 1.33 bits per heavy atom. The molecule has 1 aromatic heterocycles. The fourth-order valence-corrected chi connectivity index (χ4v) is 0.975. The van der Waals surface area contributed by atoms with E-state index in [1.165, 1.54) is 12.8 Å². The van der Waals surface area contributed by atoms with Crippen LogP contribution in [0.15, 0.2) is 31.6 Å². The Hall–Kier alpha value is -1.34. The summed E-state index contributed by atoms with van der Waals surface area (Å²) in [6, 6.07) is 0. The lowest BCUT2D eigenvalue weighted by Gasteiger charge is -1.94. The van der Waals surface area contributed by atoms with Gasteiger partial charge in [-0.15, -0.1) is 0 Å². The van der Waals surface area contributed by atoms with Crippen LogP contribution in [0.3, 0.4) is 0 Å². The molecule has 106 valence electrons. The number of nitrogens with zero attached hydrogens (tertiary/aromatic N) is 2. The van der Waals surface area contributed by atoms with Crippen LogP contribution >= 0.6 is 0 Å². The summed E-state index contributed by atoms with van der Waals surface area (Å²) in [6.07, 6.45) is 9.07. The van der Waals surface area contributed by atoms with Gasteiger partial charge in [0.15, 0.2) is 0 Å². The largest absolute Gasteiger partial charge is 0.673 e. The highest BCUT2D eigenvalue weighted by Gasteiger charge is 2.20. The normalized spacial score (nSPS) is 9.72. The van der Waals surface area contributed by atoms with E-state index < -0.39 is 7.25 Å². The monoisotopic (exact) mass is 272 g/mol. The smallest absolute Gasteiger partial charge is 0.418 e. The second-order valence-corrected chi connectivity index (χ2v) is 3.32. The number of hydrogen-bond acceptors (Lipinski definition) is 0. The van der Waals surface area contributed by atoms with E-state index in [2.05, 4.69) is 41.4 Å². The summed E-state index contributed by atoms with van der Waals surface area (Å²) in [5.74, 6) is 0. The second-order valence-electron chi connectivity index (χ2n) is 3.32. The minimum absolute atomic E-state index is 0.250. The van der Waals surface area contributed by atoms with Crippen molar-refractivity contribution in [2.75, 3.05) is 0 Å². The highest BCUT2D eigenvalue weighted by Crippen LogP contribution is 2.06. The summed E-state index contributed by atoms with van der Waals surface area (Å²) < 4.78 is 53.3. The van der Waals surface area contributed by atoms with Crippen molar-refractivity contribution in [2.45, 2.75) is 26.3 Å². The second kappa shape index (κ2) is 10.8. The fraction of sp³-hybridized carbons (Fsp3) is 0.500. The summed E-state index contributed by atoms with van der Waals surface area (Å²) in [5, 5.41) is 0. The molecule has 0 spiro atoms. The minimum atomic E-state index is -6.00. The average Bonchev–Trinajstić information content (AvgIpc) is 2.60. The first-order valence-electron chi connectivity index (χ1n) is 5.34. The Balaban J connectivity index is 0. The zero-order valence-electron chi connectivity index (χ0n) is 10.5. The van der Waals surface area contributed by atoms with Crippen LogP contribution in [0.25, 0.3) is 0 Å². The van der Waals surface area contributed by atoms with E-state index in [4.69, 9.17) is 0 Å². The lowest BCUT2D eigenvalue weighted by Crippen LogP contribution is -2.23. The van der Waals surface area contributed by atoms with E-state index in [1.54, 1.807) is 0 Å². The Morgan fingerprint density at radius 2 is 1.78 bits per heavy atom.